The van der Waals surface area contributed by atoms with Crippen molar-refractivity contribution in [3.8, 4) is 0 Å². The van der Waals surface area contributed by atoms with E-state index in [1.165, 1.54) is 0 Å². The Balaban J connectivity index is 2.03. The van der Waals surface area contributed by atoms with Crippen molar-refractivity contribution < 1.29 is 13.2 Å². The molecule has 1 aromatic carbocycles. The number of para-hydroxylation sites is 1. The smallest absolute Gasteiger partial charge is 0.244 e. The van der Waals surface area contributed by atoms with Crippen LogP contribution in [0.25, 0.3) is 0 Å². The van der Waals surface area contributed by atoms with Gasteiger partial charge in [0.05, 0.1) is 23.6 Å². The van der Waals surface area contributed by atoms with Crippen molar-refractivity contribution in [3.63, 3.8) is 0 Å². The first-order chi connectivity index (χ1) is 9.89. The summed E-state index contributed by atoms with van der Waals surface area (Å²) >= 11 is 0. The molecular formula is C15H20N2O3S. The largest absolute Gasteiger partial charge is 0.305 e. The topological polar surface area (TPSA) is 66.5 Å². The summed E-state index contributed by atoms with van der Waals surface area (Å²) in [6, 6.07) is 8.53. The third-order valence-corrected chi connectivity index (χ3v) is 5.97. The molecule has 2 fully saturated rings. The van der Waals surface area contributed by atoms with Crippen LogP contribution in [0.1, 0.15) is 13.8 Å². The number of hydrogen-bond donors (Lipinski definition) is 1. The molecule has 2 saturated heterocycles. The van der Waals surface area contributed by atoms with Gasteiger partial charge in [-0.1, -0.05) is 32.0 Å². The van der Waals surface area contributed by atoms with E-state index in [1.54, 1.807) is 4.90 Å². The third kappa shape index (κ3) is 2.58. The van der Waals surface area contributed by atoms with E-state index >= 15 is 0 Å². The monoisotopic (exact) mass is 308 g/mol. The molecular weight excluding hydrogens is 288 g/mol. The second-order valence-corrected chi connectivity index (χ2v) is 8.34. The van der Waals surface area contributed by atoms with Crippen LogP contribution in [0.2, 0.25) is 0 Å². The molecule has 2 heterocycles. The lowest BCUT2D eigenvalue weighted by Gasteiger charge is -2.42. The van der Waals surface area contributed by atoms with Gasteiger partial charge >= 0.3 is 0 Å². The number of piperazine rings is 1. The van der Waals surface area contributed by atoms with Gasteiger partial charge in [0, 0.05) is 11.7 Å². The number of rotatable bonds is 2. The Kier molecular flexibility index (Phi) is 3.53. The second kappa shape index (κ2) is 5.10. The first-order valence-corrected chi connectivity index (χ1v) is 9.06. The average Bonchev–Trinajstić information content (AvgIpc) is 2.72. The number of carbonyl (C=O) groups excluding carboxylic acids is 1. The average molecular weight is 308 g/mol. The summed E-state index contributed by atoms with van der Waals surface area (Å²) in [6.45, 7) is 3.95. The van der Waals surface area contributed by atoms with E-state index in [1.807, 2.05) is 44.2 Å². The van der Waals surface area contributed by atoms with Gasteiger partial charge in [0.1, 0.15) is 0 Å². The lowest BCUT2D eigenvalue weighted by molar-refractivity contribution is -0.123. The van der Waals surface area contributed by atoms with Crippen molar-refractivity contribution in [2.75, 3.05) is 16.4 Å². The van der Waals surface area contributed by atoms with E-state index in [0.717, 1.165) is 5.69 Å². The van der Waals surface area contributed by atoms with Crippen LogP contribution in [0, 0.1) is 5.92 Å². The normalized spacial score (nSPS) is 31.5. The summed E-state index contributed by atoms with van der Waals surface area (Å²) in [5.41, 5.74) is 0.779. The molecule has 0 bridgehead atoms. The zero-order valence-electron chi connectivity index (χ0n) is 12.2. The van der Waals surface area contributed by atoms with Crippen molar-refractivity contribution in [2.24, 2.45) is 5.92 Å². The number of sulfone groups is 1. The molecule has 0 aliphatic carbocycles. The van der Waals surface area contributed by atoms with Gasteiger partial charge in [0.25, 0.3) is 0 Å². The quantitative estimate of drug-likeness (QED) is 0.878. The van der Waals surface area contributed by atoms with Crippen LogP contribution < -0.4 is 10.2 Å². The van der Waals surface area contributed by atoms with Gasteiger partial charge in [0.2, 0.25) is 5.91 Å². The number of benzene rings is 1. The lowest BCUT2D eigenvalue weighted by atomic mass is 9.94. The highest BCUT2D eigenvalue weighted by atomic mass is 32.2. The predicted molar refractivity (Wildman–Crippen MR) is 81.9 cm³/mol. The third-order valence-electron chi connectivity index (χ3n) is 4.25. The molecule has 0 aromatic heterocycles. The van der Waals surface area contributed by atoms with Gasteiger partial charge < -0.3 is 4.90 Å². The standard InChI is InChI=1S/C15H20N2O3S/c1-10(2)14-15(18)17(11-6-4-3-5-7-11)13-9-21(19,20)8-12(13)16-14/h3-7,10,12-14,16H,8-9H2,1-2H3/t12-,13+,14+/m1/s1. The number of carbonyl (C=O) groups is 1. The SMILES string of the molecule is CC(C)[C@@H]1N[C@@H]2CS(=O)(=O)C[C@@H]2N(c2ccccc2)C1=O. The fourth-order valence-corrected chi connectivity index (χ4v) is 5.15. The van der Waals surface area contributed by atoms with E-state index in [-0.39, 0.29) is 41.5 Å². The van der Waals surface area contributed by atoms with Gasteiger partial charge in [-0.2, -0.15) is 0 Å². The molecule has 6 heteroatoms. The van der Waals surface area contributed by atoms with Crippen molar-refractivity contribution >= 4 is 21.4 Å². The molecule has 3 atom stereocenters. The van der Waals surface area contributed by atoms with Crippen LogP contribution in [0.15, 0.2) is 30.3 Å². The van der Waals surface area contributed by atoms with Crippen molar-refractivity contribution in [2.45, 2.75) is 32.0 Å². The Morgan fingerprint density at radius 1 is 1.19 bits per heavy atom. The molecule has 1 amide bonds. The number of anilines is 1. The minimum atomic E-state index is -3.10. The van der Waals surface area contributed by atoms with Crippen molar-refractivity contribution in [1.82, 2.24) is 5.32 Å². The Hall–Kier alpha value is -1.40. The van der Waals surface area contributed by atoms with Crippen LogP contribution in [0.3, 0.4) is 0 Å². The number of nitrogens with one attached hydrogen (secondary N) is 1. The Morgan fingerprint density at radius 3 is 2.48 bits per heavy atom. The molecule has 0 spiro atoms. The van der Waals surface area contributed by atoms with Gasteiger partial charge in [-0.25, -0.2) is 8.42 Å². The van der Waals surface area contributed by atoms with Gasteiger partial charge in [-0.3, -0.25) is 10.1 Å². The highest BCUT2D eigenvalue weighted by Gasteiger charge is 2.49. The maximum absolute atomic E-state index is 12.8. The van der Waals surface area contributed by atoms with Crippen LogP contribution in [-0.4, -0.2) is 44.0 Å². The summed E-state index contributed by atoms with van der Waals surface area (Å²) in [4.78, 5) is 14.5. The van der Waals surface area contributed by atoms with Crippen molar-refractivity contribution in [1.29, 1.82) is 0 Å². The predicted octanol–water partition coefficient (Wildman–Crippen LogP) is 0.813. The Bertz CT molecular complexity index is 642. The van der Waals surface area contributed by atoms with E-state index in [4.69, 9.17) is 0 Å². The van der Waals surface area contributed by atoms with E-state index < -0.39 is 9.84 Å². The summed E-state index contributed by atoms with van der Waals surface area (Å²) in [5, 5.41) is 3.25. The second-order valence-electron chi connectivity index (χ2n) is 6.18. The van der Waals surface area contributed by atoms with Gasteiger partial charge in [-0.05, 0) is 18.1 Å². The highest BCUT2D eigenvalue weighted by molar-refractivity contribution is 7.91. The molecule has 5 nitrogen and oxygen atoms in total. The minimum Gasteiger partial charge on any atom is -0.305 e. The maximum atomic E-state index is 12.8. The van der Waals surface area contributed by atoms with Gasteiger partial charge in [0.15, 0.2) is 9.84 Å². The molecule has 2 aliphatic rings. The molecule has 1 N–H and O–H groups in total. The number of nitrogens with zero attached hydrogens (tertiary/aromatic N) is 1. The Labute approximate surface area is 125 Å². The molecule has 21 heavy (non-hydrogen) atoms. The summed E-state index contributed by atoms with van der Waals surface area (Å²) in [6.07, 6.45) is 0. The molecule has 2 aliphatic heterocycles. The summed E-state index contributed by atoms with van der Waals surface area (Å²) in [7, 11) is -3.10. The first kappa shape index (κ1) is 14.5. The van der Waals surface area contributed by atoms with Crippen molar-refractivity contribution in [3.05, 3.63) is 30.3 Å². The Morgan fingerprint density at radius 2 is 1.86 bits per heavy atom. The highest BCUT2D eigenvalue weighted by Crippen LogP contribution is 2.30. The molecule has 114 valence electrons. The molecule has 1 aromatic rings. The minimum absolute atomic E-state index is 0.0328. The summed E-state index contributed by atoms with van der Waals surface area (Å²) in [5.74, 6) is 0.232. The van der Waals surface area contributed by atoms with E-state index in [9.17, 15) is 13.2 Å². The van der Waals surface area contributed by atoms with Crippen LogP contribution in [0.5, 0.6) is 0 Å². The fraction of sp³-hybridized carbons (Fsp3) is 0.533. The van der Waals surface area contributed by atoms with Crippen LogP contribution in [0.4, 0.5) is 5.69 Å². The lowest BCUT2D eigenvalue weighted by Crippen LogP contribution is -2.66. The molecule has 3 rings (SSSR count). The summed E-state index contributed by atoms with van der Waals surface area (Å²) < 4.78 is 24.0. The maximum Gasteiger partial charge on any atom is 0.244 e. The number of hydrogen-bond acceptors (Lipinski definition) is 4. The fourth-order valence-electron chi connectivity index (χ4n) is 3.24. The number of fused-ring (bicyclic) bond motifs is 1. The number of amides is 1. The zero-order valence-corrected chi connectivity index (χ0v) is 13.0. The van der Waals surface area contributed by atoms with Crippen LogP contribution in [-0.2, 0) is 14.6 Å². The molecule has 0 unspecified atom stereocenters. The zero-order chi connectivity index (χ0) is 15.2. The van der Waals surface area contributed by atoms with E-state index in [2.05, 4.69) is 5.32 Å². The first-order valence-electron chi connectivity index (χ1n) is 7.23. The van der Waals surface area contributed by atoms with Gasteiger partial charge in [-0.15, -0.1) is 0 Å². The molecule has 0 saturated carbocycles. The van der Waals surface area contributed by atoms with E-state index in [0.29, 0.717) is 0 Å². The molecule has 0 radical (unpaired) electrons. The van der Waals surface area contributed by atoms with Crippen LogP contribution >= 0.6 is 0 Å².